The SMILES string of the molecule is CCCCC/C=C\C/C=C\CCCCCCCCCCCCCCCCCC(=O)NC(COP(=O)(O)OCC[N+](C)(C)C)C(/C=C/CCCCCCCCCCCCC)OC(=O)CCCCCCCCCCCCCCCCC/C=C\C/C=C\CCCCC. The second kappa shape index (κ2) is 68.6. The molecule has 0 saturated heterocycles. The van der Waals surface area contributed by atoms with Crippen molar-refractivity contribution in [1.29, 1.82) is 0 Å². The molecular weight excluding hydrogens is 1120 g/mol. The van der Waals surface area contributed by atoms with Crippen LogP contribution in [-0.2, 0) is 27.9 Å². The molecule has 0 aromatic carbocycles. The monoisotopic (exact) mass is 1270 g/mol. The number of nitrogens with zero attached hydrogens (tertiary/aromatic N) is 1. The lowest BCUT2D eigenvalue weighted by Crippen LogP contribution is -2.47. The Kier molecular flexibility index (Phi) is 66.8. The Morgan fingerprint density at radius 3 is 1.03 bits per heavy atom. The molecule has 0 heterocycles. The first-order chi connectivity index (χ1) is 43.4. The molecule has 0 fully saturated rings. The number of hydrogen-bond acceptors (Lipinski definition) is 6. The molecule has 0 aliphatic carbocycles. The van der Waals surface area contributed by atoms with E-state index < -0.39 is 20.0 Å². The highest BCUT2D eigenvalue weighted by Crippen LogP contribution is 2.43. The number of rotatable bonds is 71. The number of hydrogen-bond donors (Lipinski definition) is 2. The molecule has 0 aliphatic rings. The van der Waals surface area contributed by atoms with Gasteiger partial charge in [-0.1, -0.05) is 332 Å². The van der Waals surface area contributed by atoms with Crippen LogP contribution in [0.3, 0.4) is 0 Å². The number of quaternary nitrogens is 1. The number of amides is 1. The van der Waals surface area contributed by atoms with Crippen LogP contribution < -0.4 is 5.32 Å². The van der Waals surface area contributed by atoms with E-state index in [0.29, 0.717) is 23.9 Å². The van der Waals surface area contributed by atoms with Crippen molar-refractivity contribution in [3.63, 3.8) is 0 Å². The molecule has 522 valence electrons. The lowest BCUT2D eigenvalue weighted by atomic mass is 10.0. The molecule has 0 spiro atoms. The number of carbonyl (C=O) groups excluding carboxylic acids is 2. The summed E-state index contributed by atoms with van der Waals surface area (Å²) in [7, 11) is 1.51. The Balaban J connectivity index is 4.98. The summed E-state index contributed by atoms with van der Waals surface area (Å²) in [5.74, 6) is -0.487. The maximum atomic E-state index is 13.7. The highest BCUT2D eigenvalue weighted by Gasteiger charge is 2.30. The summed E-state index contributed by atoms with van der Waals surface area (Å²) in [4.78, 5) is 38.0. The minimum absolute atomic E-state index is 0.0414. The van der Waals surface area contributed by atoms with Crippen LogP contribution in [0.1, 0.15) is 380 Å². The molecule has 3 unspecified atom stereocenters. The summed E-state index contributed by atoms with van der Waals surface area (Å²) >= 11 is 0. The van der Waals surface area contributed by atoms with Gasteiger partial charge in [-0.3, -0.25) is 18.6 Å². The zero-order valence-electron chi connectivity index (χ0n) is 59.9. The first-order valence-corrected chi connectivity index (χ1v) is 40.1. The molecule has 2 N–H and O–H groups in total. The molecule has 0 aromatic rings. The molecule has 3 atom stereocenters. The summed E-state index contributed by atoms with van der Waals surface area (Å²) in [6.45, 7) is 7.03. The van der Waals surface area contributed by atoms with Gasteiger partial charge < -0.3 is 19.4 Å². The lowest BCUT2D eigenvalue weighted by Gasteiger charge is -2.27. The first kappa shape index (κ1) is 86.7. The van der Waals surface area contributed by atoms with E-state index in [4.69, 9.17) is 13.8 Å². The molecular formula is C79H150N2O7P+. The summed E-state index contributed by atoms with van der Waals surface area (Å²) < 4.78 is 30.9. The van der Waals surface area contributed by atoms with Gasteiger partial charge in [0.1, 0.15) is 19.3 Å². The van der Waals surface area contributed by atoms with Crippen molar-refractivity contribution in [3.05, 3.63) is 60.8 Å². The molecule has 0 radical (unpaired) electrons. The molecule has 10 heteroatoms. The number of esters is 1. The number of likely N-dealkylation sites (N-methyl/N-ethyl adjacent to an activating group) is 1. The van der Waals surface area contributed by atoms with Crippen LogP contribution in [0.5, 0.6) is 0 Å². The zero-order chi connectivity index (χ0) is 64.9. The van der Waals surface area contributed by atoms with E-state index in [9.17, 15) is 19.0 Å². The van der Waals surface area contributed by atoms with Crippen molar-refractivity contribution >= 4 is 19.7 Å². The van der Waals surface area contributed by atoms with E-state index in [0.717, 1.165) is 70.6 Å². The Labute approximate surface area is 553 Å². The number of phosphoric ester groups is 1. The van der Waals surface area contributed by atoms with Gasteiger partial charge in [0.05, 0.1) is 33.8 Å². The highest BCUT2D eigenvalue weighted by molar-refractivity contribution is 7.47. The van der Waals surface area contributed by atoms with Crippen molar-refractivity contribution in [2.45, 2.75) is 392 Å². The molecule has 0 aliphatic heterocycles. The second-order valence-corrected chi connectivity index (χ2v) is 29.0. The number of carbonyl (C=O) groups is 2. The van der Waals surface area contributed by atoms with Crippen molar-refractivity contribution in [2.75, 3.05) is 40.9 Å². The topological polar surface area (TPSA) is 111 Å². The molecule has 0 aromatic heterocycles. The molecule has 1 amide bonds. The molecule has 0 bridgehead atoms. The molecule has 0 saturated carbocycles. The maximum Gasteiger partial charge on any atom is 0.472 e. The predicted octanol–water partition coefficient (Wildman–Crippen LogP) is 24.9. The number of allylic oxidation sites excluding steroid dienone is 9. The van der Waals surface area contributed by atoms with E-state index in [1.165, 1.54) is 276 Å². The standard InChI is InChI=1S/C79H149N2O7P/c1-7-10-13-16-19-22-25-28-30-32-34-36-38-40-42-44-46-48-50-53-56-59-62-65-68-71-78(82)80-76(75-87-89(84,85)86-74-73-81(4,5)6)77(70-67-64-61-58-55-52-27-24-21-18-15-12-9-3)88-79(83)72-69-66-63-60-57-54-51-49-47-45-43-41-39-37-35-33-31-29-26-23-20-17-14-11-8-2/h19-20,22-23,28-31,67,70,76-77H,7-18,21,24-27,32-66,68-69,71-75H2,1-6H3,(H-,80,82,84,85)/p+1/b22-19-,23-20-,30-28-,31-29-,70-67+. The van der Waals surface area contributed by atoms with Crippen molar-refractivity contribution in [2.24, 2.45) is 0 Å². The third kappa shape index (κ3) is 69.9. The van der Waals surface area contributed by atoms with Crippen molar-refractivity contribution in [3.8, 4) is 0 Å². The van der Waals surface area contributed by atoms with Crippen LogP contribution >= 0.6 is 7.82 Å². The largest absolute Gasteiger partial charge is 0.472 e. The smallest absolute Gasteiger partial charge is 0.456 e. The van der Waals surface area contributed by atoms with Crippen LogP contribution in [0.15, 0.2) is 60.8 Å². The van der Waals surface area contributed by atoms with Gasteiger partial charge in [-0.2, -0.15) is 0 Å². The zero-order valence-corrected chi connectivity index (χ0v) is 60.8. The normalized spacial score (nSPS) is 13.7. The van der Waals surface area contributed by atoms with Gasteiger partial charge in [0.2, 0.25) is 5.91 Å². The van der Waals surface area contributed by atoms with Crippen LogP contribution in [0.4, 0.5) is 0 Å². The minimum Gasteiger partial charge on any atom is -0.456 e. The number of unbranched alkanes of at least 4 members (excludes halogenated alkanes) is 47. The van der Waals surface area contributed by atoms with E-state index in [2.05, 4.69) is 80.8 Å². The maximum absolute atomic E-state index is 13.7. The van der Waals surface area contributed by atoms with E-state index in [-0.39, 0.29) is 25.1 Å². The summed E-state index contributed by atoms with van der Waals surface area (Å²) in [5.41, 5.74) is 0. The van der Waals surface area contributed by atoms with Crippen LogP contribution in [-0.4, -0.2) is 74.3 Å². The summed E-state index contributed by atoms with van der Waals surface area (Å²) in [6, 6.07) is -0.849. The Bertz CT molecular complexity index is 1700. The third-order valence-corrected chi connectivity index (χ3v) is 18.4. The average Bonchev–Trinajstić information content (AvgIpc) is 3.67. The van der Waals surface area contributed by atoms with Gasteiger partial charge in [-0.15, -0.1) is 0 Å². The number of ether oxygens (including phenoxy) is 1. The van der Waals surface area contributed by atoms with E-state index in [1.807, 2.05) is 27.2 Å². The Morgan fingerprint density at radius 2 is 0.685 bits per heavy atom. The fourth-order valence-corrected chi connectivity index (χ4v) is 12.2. The van der Waals surface area contributed by atoms with Crippen LogP contribution in [0.25, 0.3) is 0 Å². The average molecular weight is 1270 g/mol. The summed E-state index contributed by atoms with van der Waals surface area (Å²) in [6.07, 6.45) is 89.6. The Hall–Kier alpha value is -2.29. The minimum atomic E-state index is -4.46. The quantitative estimate of drug-likeness (QED) is 0.0205. The first-order valence-electron chi connectivity index (χ1n) is 38.6. The third-order valence-electron chi connectivity index (χ3n) is 17.4. The van der Waals surface area contributed by atoms with Gasteiger partial charge in [0.25, 0.3) is 0 Å². The molecule has 0 rings (SSSR count). The second-order valence-electron chi connectivity index (χ2n) is 27.5. The van der Waals surface area contributed by atoms with Gasteiger partial charge in [0, 0.05) is 12.8 Å². The van der Waals surface area contributed by atoms with Gasteiger partial charge >= 0.3 is 13.8 Å². The van der Waals surface area contributed by atoms with Crippen molar-refractivity contribution < 1.29 is 37.3 Å². The van der Waals surface area contributed by atoms with Crippen LogP contribution in [0, 0.1) is 0 Å². The Morgan fingerprint density at radius 1 is 0.393 bits per heavy atom. The predicted molar refractivity (Wildman–Crippen MR) is 388 cm³/mol. The van der Waals surface area contributed by atoms with Gasteiger partial charge in [-0.05, 0) is 96.0 Å². The van der Waals surface area contributed by atoms with Crippen molar-refractivity contribution in [1.82, 2.24) is 5.32 Å². The van der Waals surface area contributed by atoms with Gasteiger partial charge in [0.15, 0.2) is 0 Å². The molecule has 9 nitrogen and oxygen atoms in total. The highest BCUT2D eigenvalue weighted by atomic mass is 31.2. The van der Waals surface area contributed by atoms with E-state index in [1.54, 1.807) is 0 Å². The fourth-order valence-electron chi connectivity index (χ4n) is 11.5. The van der Waals surface area contributed by atoms with Crippen LogP contribution in [0.2, 0.25) is 0 Å². The van der Waals surface area contributed by atoms with E-state index >= 15 is 0 Å². The number of phosphoric acid groups is 1. The number of nitrogens with one attached hydrogen (secondary N) is 1. The van der Waals surface area contributed by atoms with Gasteiger partial charge in [-0.25, -0.2) is 4.57 Å². The lowest BCUT2D eigenvalue weighted by molar-refractivity contribution is -0.870. The molecule has 89 heavy (non-hydrogen) atoms. The fraction of sp³-hybridized carbons (Fsp3) is 0.848. The summed E-state index contributed by atoms with van der Waals surface area (Å²) in [5, 5.41) is 3.09.